The minimum absolute atomic E-state index is 0.0456. The van der Waals surface area contributed by atoms with Crippen molar-refractivity contribution in [1.29, 1.82) is 0 Å². The van der Waals surface area contributed by atoms with Gasteiger partial charge in [0.05, 0.1) is 6.04 Å². The molecule has 0 unspecified atom stereocenters. The van der Waals surface area contributed by atoms with Gasteiger partial charge in [-0.15, -0.1) is 13.2 Å². The van der Waals surface area contributed by atoms with Crippen molar-refractivity contribution in [1.82, 2.24) is 4.90 Å². The molecule has 0 saturated carbocycles. The lowest BCUT2D eigenvalue weighted by Crippen LogP contribution is -2.44. The predicted molar refractivity (Wildman–Crippen MR) is 79.7 cm³/mol. The zero-order chi connectivity index (χ0) is 14.1. The van der Waals surface area contributed by atoms with E-state index in [9.17, 15) is 4.79 Å². The van der Waals surface area contributed by atoms with Gasteiger partial charge in [0.1, 0.15) is 0 Å². The van der Waals surface area contributed by atoms with Gasteiger partial charge >= 0.3 is 0 Å². The first-order valence-corrected chi connectivity index (χ1v) is 6.49. The van der Waals surface area contributed by atoms with Crippen molar-refractivity contribution in [2.24, 2.45) is 5.73 Å². The smallest absolute Gasteiger partial charge is 0.240 e. The van der Waals surface area contributed by atoms with Gasteiger partial charge in [-0.05, 0) is 18.4 Å². The van der Waals surface area contributed by atoms with Crippen molar-refractivity contribution < 1.29 is 4.79 Å². The Bertz CT molecular complexity index is 404. The highest BCUT2D eigenvalue weighted by Crippen LogP contribution is 2.06. The number of nitrogens with zero attached hydrogens (tertiary/aromatic N) is 1. The molecule has 0 heterocycles. The van der Waals surface area contributed by atoms with Crippen LogP contribution >= 0.6 is 0 Å². The Kier molecular flexibility index (Phi) is 6.61. The Balaban J connectivity index is 2.51. The number of hydrogen-bond acceptors (Lipinski definition) is 2. The number of hydrogen-bond donors (Lipinski definition) is 1. The van der Waals surface area contributed by atoms with E-state index in [4.69, 9.17) is 5.73 Å². The van der Waals surface area contributed by atoms with Crippen LogP contribution < -0.4 is 5.73 Å². The number of benzene rings is 1. The maximum absolute atomic E-state index is 12.1. The Morgan fingerprint density at radius 3 is 2.32 bits per heavy atom. The van der Waals surface area contributed by atoms with Crippen LogP contribution in [0.2, 0.25) is 0 Å². The first-order chi connectivity index (χ1) is 9.19. The van der Waals surface area contributed by atoms with E-state index in [0.717, 1.165) is 6.42 Å². The summed E-state index contributed by atoms with van der Waals surface area (Å²) in [4.78, 5) is 13.8. The van der Waals surface area contributed by atoms with Crippen molar-refractivity contribution in [2.75, 3.05) is 13.1 Å². The van der Waals surface area contributed by atoms with Crippen LogP contribution in [0.5, 0.6) is 0 Å². The lowest BCUT2D eigenvalue weighted by molar-refractivity contribution is -0.131. The molecule has 1 rings (SSSR count). The summed E-state index contributed by atoms with van der Waals surface area (Å²) in [6.07, 6.45) is 4.86. The molecule has 19 heavy (non-hydrogen) atoms. The van der Waals surface area contributed by atoms with E-state index in [2.05, 4.69) is 13.2 Å². The summed E-state index contributed by atoms with van der Waals surface area (Å²) < 4.78 is 0. The standard InChI is InChI=1S/C16H22N2O/c1-3-12-18(13-4-2)16(19)15(17)11-10-14-8-6-5-7-9-14/h3-9,15H,1-2,10-13,17H2/t15-/m0/s1. The molecule has 102 valence electrons. The Hall–Kier alpha value is -1.87. The van der Waals surface area contributed by atoms with Gasteiger partial charge < -0.3 is 10.6 Å². The monoisotopic (exact) mass is 258 g/mol. The molecule has 0 fully saturated rings. The van der Waals surface area contributed by atoms with Crippen LogP contribution in [0.15, 0.2) is 55.6 Å². The average Bonchev–Trinajstić information content (AvgIpc) is 2.45. The Morgan fingerprint density at radius 1 is 1.21 bits per heavy atom. The van der Waals surface area contributed by atoms with Crippen LogP contribution in [0.25, 0.3) is 0 Å². The normalized spacial score (nSPS) is 11.6. The molecule has 1 atom stereocenters. The van der Waals surface area contributed by atoms with Gasteiger partial charge in [0.25, 0.3) is 0 Å². The van der Waals surface area contributed by atoms with Gasteiger partial charge in [-0.2, -0.15) is 0 Å². The fourth-order valence-electron chi connectivity index (χ4n) is 1.89. The van der Waals surface area contributed by atoms with Crippen LogP contribution in [-0.2, 0) is 11.2 Å². The number of nitrogens with two attached hydrogens (primary N) is 1. The van der Waals surface area contributed by atoms with Crippen LogP contribution in [0.1, 0.15) is 12.0 Å². The molecule has 0 saturated heterocycles. The average molecular weight is 258 g/mol. The van der Waals surface area contributed by atoms with E-state index in [0.29, 0.717) is 19.5 Å². The fourth-order valence-corrected chi connectivity index (χ4v) is 1.89. The van der Waals surface area contributed by atoms with Crippen molar-refractivity contribution >= 4 is 5.91 Å². The zero-order valence-corrected chi connectivity index (χ0v) is 11.3. The molecule has 0 aliphatic carbocycles. The minimum Gasteiger partial charge on any atom is -0.334 e. The first kappa shape index (κ1) is 15.2. The highest BCUT2D eigenvalue weighted by molar-refractivity contribution is 5.81. The molecule has 1 aromatic carbocycles. The minimum atomic E-state index is -0.472. The molecule has 0 bridgehead atoms. The third-order valence-electron chi connectivity index (χ3n) is 2.91. The van der Waals surface area contributed by atoms with Gasteiger partial charge in [0.15, 0.2) is 0 Å². The van der Waals surface area contributed by atoms with Crippen LogP contribution in [0, 0.1) is 0 Å². The Morgan fingerprint density at radius 2 is 1.79 bits per heavy atom. The van der Waals surface area contributed by atoms with E-state index in [-0.39, 0.29) is 5.91 Å². The molecule has 0 spiro atoms. The lowest BCUT2D eigenvalue weighted by atomic mass is 10.0. The second-order valence-corrected chi connectivity index (χ2v) is 4.45. The van der Waals surface area contributed by atoms with E-state index < -0.39 is 6.04 Å². The molecular formula is C16H22N2O. The number of carbonyl (C=O) groups is 1. The van der Waals surface area contributed by atoms with Crippen LogP contribution in [0.3, 0.4) is 0 Å². The molecule has 0 aliphatic heterocycles. The summed E-state index contributed by atoms with van der Waals surface area (Å²) in [5, 5.41) is 0. The molecule has 0 aromatic heterocycles. The molecule has 1 amide bonds. The molecule has 0 radical (unpaired) electrons. The highest BCUT2D eigenvalue weighted by atomic mass is 16.2. The second kappa shape index (κ2) is 8.27. The highest BCUT2D eigenvalue weighted by Gasteiger charge is 2.18. The van der Waals surface area contributed by atoms with E-state index in [1.54, 1.807) is 17.1 Å². The number of amides is 1. The maximum Gasteiger partial charge on any atom is 0.240 e. The van der Waals surface area contributed by atoms with Gasteiger partial charge in [0.2, 0.25) is 5.91 Å². The quantitative estimate of drug-likeness (QED) is 0.726. The van der Waals surface area contributed by atoms with Crippen LogP contribution in [-0.4, -0.2) is 29.9 Å². The van der Waals surface area contributed by atoms with Gasteiger partial charge in [-0.25, -0.2) is 0 Å². The van der Waals surface area contributed by atoms with Gasteiger partial charge in [0, 0.05) is 13.1 Å². The number of aryl methyl sites for hydroxylation is 1. The third kappa shape index (κ3) is 5.10. The maximum atomic E-state index is 12.1. The molecule has 1 aromatic rings. The molecule has 0 aliphatic rings. The van der Waals surface area contributed by atoms with Crippen molar-refractivity contribution in [3.8, 4) is 0 Å². The van der Waals surface area contributed by atoms with Gasteiger partial charge in [-0.3, -0.25) is 4.79 Å². The van der Waals surface area contributed by atoms with E-state index in [1.165, 1.54) is 5.56 Å². The summed E-state index contributed by atoms with van der Waals surface area (Å²) in [6, 6.07) is 9.57. The zero-order valence-electron chi connectivity index (χ0n) is 11.3. The second-order valence-electron chi connectivity index (χ2n) is 4.45. The first-order valence-electron chi connectivity index (χ1n) is 6.49. The molecule has 2 N–H and O–H groups in total. The number of carbonyl (C=O) groups excluding carboxylic acids is 1. The van der Waals surface area contributed by atoms with Crippen molar-refractivity contribution in [3.63, 3.8) is 0 Å². The summed E-state index contributed by atoms with van der Waals surface area (Å²) in [5.74, 6) is -0.0456. The molecular weight excluding hydrogens is 236 g/mol. The largest absolute Gasteiger partial charge is 0.334 e. The summed E-state index contributed by atoms with van der Waals surface area (Å²) in [5.41, 5.74) is 7.17. The van der Waals surface area contributed by atoms with Crippen molar-refractivity contribution in [3.05, 3.63) is 61.2 Å². The van der Waals surface area contributed by atoms with Gasteiger partial charge in [-0.1, -0.05) is 42.5 Å². The summed E-state index contributed by atoms with van der Waals surface area (Å²) in [7, 11) is 0. The number of rotatable bonds is 8. The summed E-state index contributed by atoms with van der Waals surface area (Å²) >= 11 is 0. The molecule has 3 heteroatoms. The summed E-state index contributed by atoms with van der Waals surface area (Å²) in [6.45, 7) is 8.31. The van der Waals surface area contributed by atoms with Crippen LogP contribution in [0.4, 0.5) is 0 Å². The Labute approximate surface area is 115 Å². The van der Waals surface area contributed by atoms with E-state index in [1.807, 2.05) is 30.3 Å². The lowest BCUT2D eigenvalue weighted by Gasteiger charge is -2.23. The third-order valence-corrected chi connectivity index (χ3v) is 2.91. The topological polar surface area (TPSA) is 46.3 Å². The fraction of sp³-hybridized carbons (Fsp3) is 0.312. The SMILES string of the molecule is C=CCN(CC=C)C(=O)[C@@H](N)CCc1ccccc1. The van der Waals surface area contributed by atoms with Crippen molar-refractivity contribution in [2.45, 2.75) is 18.9 Å². The van der Waals surface area contributed by atoms with E-state index >= 15 is 0 Å². The molecule has 3 nitrogen and oxygen atoms in total. The predicted octanol–water partition coefficient (Wildman–Crippen LogP) is 2.15.